The average molecular weight is 409 g/mol. The maximum atomic E-state index is 13.1. The summed E-state index contributed by atoms with van der Waals surface area (Å²) in [6.07, 6.45) is 0. The van der Waals surface area contributed by atoms with E-state index in [2.05, 4.69) is 0 Å². The molecule has 0 fully saturated rings. The van der Waals surface area contributed by atoms with Gasteiger partial charge in [-0.1, -0.05) is 18.2 Å². The highest BCUT2D eigenvalue weighted by Gasteiger charge is 2.35. The molecule has 0 saturated carbocycles. The third kappa shape index (κ3) is 4.30. The number of phenols is 1. The van der Waals surface area contributed by atoms with Crippen LogP contribution in [-0.4, -0.2) is 30.8 Å². The normalized spacial score (nSPS) is 11.6. The number of carbonyl (C=O) groups excluding carboxylic acids is 2. The van der Waals surface area contributed by atoms with E-state index in [4.69, 9.17) is 13.9 Å². The summed E-state index contributed by atoms with van der Waals surface area (Å²) in [5.74, 6) is -0.421. The van der Waals surface area contributed by atoms with Crippen molar-refractivity contribution < 1.29 is 28.6 Å². The Kier molecular flexibility index (Phi) is 6.41. The van der Waals surface area contributed by atoms with Gasteiger partial charge in [-0.25, -0.2) is 9.59 Å². The molecule has 3 aromatic rings. The van der Waals surface area contributed by atoms with Crippen LogP contribution in [0.2, 0.25) is 0 Å². The highest BCUT2D eigenvalue weighted by Crippen LogP contribution is 2.38. The Morgan fingerprint density at radius 3 is 2.30 bits per heavy atom. The van der Waals surface area contributed by atoms with Crippen LogP contribution in [0.25, 0.3) is 0 Å². The molecule has 1 N–H and O–H groups in total. The van der Waals surface area contributed by atoms with E-state index in [1.54, 1.807) is 30.9 Å². The monoisotopic (exact) mass is 409 g/mol. The van der Waals surface area contributed by atoms with Gasteiger partial charge in [-0.05, 0) is 56.3 Å². The standard InChI is InChI=1S/C23H23NO6/c1-4-29-23(27)21(20-14-19(15(2)30-20)22(26)28-3)24(16-8-6-5-7-9-16)17-10-12-18(25)13-11-17/h5-14,21,25H,4H2,1-3H3. The van der Waals surface area contributed by atoms with E-state index in [9.17, 15) is 14.7 Å². The van der Waals surface area contributed by atoms with Crippen molar-refractivity contribution in [2.45, 2.75) is 19.9 Å². The Balaban J connectivity index is 2.19. The van der Waals surface area contributed by atoms with Crippen LogP contribution in [0.1, 0.15) is 34.8 Å². The number of ether oxygens (including phenoxy) is 2. The molecule has 0 aliphatic rings. The van der Waals surface area contributed by atoms with Gasteiger partial charge in [0.1, 0.15) is 22.8 Å². The summed E-state index contributed by atoms with van der Waals surface area (Å²) < 4.78 is 16.0. The second kappa shape index (κ2) is 9.17. The molecule has 1 unspecified atom stereocenters. The molecule has 3 rings (SSSR count). The molecule has 7 nitrogen and oxygen atoms in total. The number of rotatable bonds is 7. The summed E-state index contributed by atoms with van der Waals surface area (Å²) in [6, 6.07) is 16.2. The van der Waals surface area contributed by atoms with E-state index in [1.807, 2.05) is 30.3 Å². The molecule has 30 heavy (non-hydrogen) atoms. The van der Waals surface area contributed by atoms with Gasteiger partial charge in [0.05, 0.1) is 13.7 Å². The van der Waals surface area contributed by atoms with Crippen LogP contribution in [-0.2, 0) is 14.3 Å². The minimum Gasteiger partial charge on any atom is -0.508 e. The summed E-state index contributed by atoms with van der Waals surface area (Å²) in [5, 5.41) is 9.71. The molecule has 0 aliphatic heterocycles. The van der Waals surface area contributed by atoms with Crippen molar-refractivity contribution in [1.29, 1.82) is 0 Å². The fraction of sp³-hybridized carbons (Fsp3) is 0.217. The van der Waals surface area contributed by atoms with Crippen LogP contribution in [0.4, 0.5) is 11.4 Å². The maximum Gasteiger partial charge on any atom is 0.341 e. The molecular weight excluding hydrogens is 386 g/mol. The number of methoxy groups -OCH3 is 1. The zero-order valence-electron chi connectivity index (χ0n) is 17.0. The molecule has 0 saturated heterocycles. The van der Waals surface area contributed by atoms with Gasteiger partial charge in [0.25, 0.3) is 0 Å². The van der Waals surface area contributed by atoms with Gasteiger partial charge in [0.2, 0.25) is 0 Å². The first-order valence-electron chi connectivity index (χ1n) is 9.44. The smallest absolute Gasteiger partial charge is 0.341 e. The first-order valence-corrected chi connectivity index (χ1v) is 9.44. The highest BCUT2D eigenvalue weighted by molar-refractivity contribution is 5.92. The van der Waals surface area contributed by atoms with Crippen molar-refractivity contribution in [2.75, 3.05) is 18.6 Å². The molecule has 0 spiro atoms. The van der Waals surface area contributed by atoms with E-state index >= 15 is 0 Å². The summed E-state index contributed by atoms with van der Waals surface area (Å²) in [6.45, 7) is 3.53. The number of benzene rings is 2. The predicted octanol–water partition coefficient (Wildman–Crippen LogP) is 4.52. The lowest BCUT2D eigenvalue weighted by Crippen LogP contribution is -2.31. The second-order valence-corrected chi connectivity index (χ2v) is 6.49. The number of para-hydroxylation sites is 1. The Hall–Kier alpha value is -3.74. The first-order chi connectivity index (χ1) is 14.5. The molecule has 0 bridgehead atoms. The molecule has 156 valence electrons. The van der Waals surface area contributed by atoms with Crippen molar-refractivity contribution in [3.05, 3.63) is 77.7 Å². The Bertz CT molecular complexity index is 1010. The van der Waals surface area contributed by atoms with Crippen molar-refractivity contribution in [1.82, 2.24) is 0 Å². The predicted molar refractivity (Wildman–Crippen MR) is 111 cm³/mol. The van der Waals surface area contributed by atoms with Crippen LogP contribution in [0.15, 0.2) is 65.1 Å². The Morgan fingerprint density at radius 2 is 1.70 bits per heavy atom. The van der Waals surface area contributed by atoms with E-state index in [-0.39, 0.29) is 23.7 Å². The minimum atomic E-state index is -1.01. The largest absolute Gasteiger partial charge is 0.508 e. The van der Waals surface area contributed by atoms with Crippen LogP contribution in [0.3, 0.4) is 0 Å². The first kappa shape index (κ1) is 21.0. The van der Waals surface area contributed by atoms with Crippen LogP contribution in [0, 0.1) is 6.92 Å². The van der Waals surface area contributed by atoms with Gasteiger partial charge < -0.3 is 23.9 Å². The molecule has 1 aromatic heterocycles. The number of hydrogen-bond donors (Lipinski definition) is 1. The number of furan rings is 1. The molecule has 2 aromatic carbocycles. The lowest BCUT2D eigenvalue weighted by Gasteiger charge is -2.31. The second-order valence-electron chi connectivity index (χ2n) is 6.49. The number of esters is 2. The van der Waals surface area contributed by atoms with Gasteiger partial charge in [-0.2, -0.15) is 0 Å². The van der Waals surface area contributed by atoms with Crippen molar-refractivity contribution in [3.63, 3.8) is 0 Å². The lowest BCUT2D eigenvalue weighted by molar-refractivity contribution is -0.145. The fourth-order valence-corrected chi connectivity index (χ4v) is 3.17. The zero-order valence-corrected chi connectivity index (χ0v) is 17.0. The van der Waals surface area contributed by atoms with E-state index in [0.717, 1.165) is 0 Å². The summed E-state index contributed by atoms with van der Waals surface area (Å²) in [5.41, 5.74) is 1.57. The minimum absolute atomic E-state index is 0.0984. The lowest BCUT2D eigenvalue weighted by atomic mass is 10.1. The molecule has 1 heterocycles. The zero-order chi connectivity index (χ0) is 21.7. The molecule has 0 amide bonds. The summed E-state index contributed by atoms with van der Waals surface area (Å²) in [4.78, 5) is 26.9. The SMILES string of the molecule is CCOC(=O)C(c1cc(C(=O)OC)c(C)o1)N(c1ccccc1)c1ccc(O)cc1. The van der Waals surface area contributed by atoms with Gasteiger partial charge in [0, 0.05) is 11.4 Å². The third-order valence-electron chi connectivity index (χ3n) is 4.54. The topological polar surface area (TPSA) is 89.2 Å². The van der Waals surface area contributed by atoms with Gasteiger partial charge in [0.15, 0.2) is 6.04 Å². The van der Waals surface area contributed by atoms with Gasteiger partial charge >= 0.3 is 11.9 Å². The van der Waals surface area contributed by atoms with Crippen LogP contribution >= 0.6 is 0 Å². The third-order valence-corrected chi connectivity index (χ3v) is 4.54. The van der Waals surface area contributed by atoms with Gasteiger partial charge in [-0.15, -0.1) is 0 Å². The number of nitrogens with zero attached hydrogens (tertiary/aromatic N) is 1. The Labute approximate surface area is 174 Å². The molecular formula is C23H23NO6. The molecule has 0 aliphatic carbocycles. The highest BCUT2D eigenvalue weighted by atomic mass is 16.5. The molecule has 1 atom stereocenters. The fourth-order valence-electron chi connectivity index (χ4n) is 3.17. The van der Waals surface area contributed by atoms with Crippen LogP contribution < -0.4 is 4.90 Å². The summed E-state index contributed by atoms with van der Waals surface area (Å²) in [7, 11) is 1.28. The van der Waals surface area contributed by atoms with Crippen molar-refractivity contribution in [2.24, 2.45) is 0 Å². The number of hydrogen-bond acceptors (Lipinski definition) is 7. The number of phenolic OH excluding ortho intramolecular Hbond substituents is 1. The average Bonchev–Trinajstić information content (AvgIpc) is 3.14. The number of carbonyl (C=O) groups is 2. The van der Waals surface area contributed by atoms with E-state index in [0.29, 0.717) is 17.1 Å². The number of aryl methyl sites for hydroxylation is 1. The molecule has 7 heteroatoms. The van der Waals surface area contributed by atoms with Crippen molar-refractivity contribution >= 4 is 23.3 Å². The molecule has 0 radical (unpaired) electrons. The number of anilines is 2. The summed E-state index contributed by atoms with van der Waals surface area (Å²) >= 11 is 0. The number of aromatic hydroxyl groups is 1. The Morgan fingerprint density at radius 1 is 1.07 bits per heavy atom. The quantitative estimate of drug-likeness (QED) is 0.574. The van der Waals surface area contributed by atoms with Crippen LogP contribution in [0.5, 0.6) is 5.75 Å². The maximum absolute atomic E-state index is 13.1. The van der Waals surface area contributed by atoms with E-state index in [1.165, 1.54) is 25.3 Å². The van der Waals surface area contributed by atoms with E-state index < -0.39 is 18.0 Å². The van der Waals surface area contributed by atoms with Gasteiger partial charge in [-0.3, -0.25) is 0 Å². The van der Waals surface area contributed by atoms with Crippen molar-refractivity contribution in [3.8, 4) is 5.75 Å².